The van der Waals surface area contributed by atoms with E-state index in [9.17, 15) is 0 Å². The molecule has 0 radical (unpaired) electrons. The predicted molar refractivity (Wildman–Crippen MR) is 186 cm³/mol. The highest BCUT2D eigenvalue weighted by molar-refractivity contribution is 7.27. The lowest BCUT2D eigenvalue weighted by atomic mass is 9.94. The minimum atomic E-state index is -0.243. The molecule has 4 heterocycles. The number of aromatic nitrogens is 2. The molecule has 6 aromatic carbocycles. The molecule has 206 valence electrons. The fraction of sp³-hybridized carbons (Fsp3) is 0.0256. The zero-order valence-electron chi connectivity index (χ0n) is 23.5. The maximum Gasteiger partial charge on any atom is 0.0640 e. The average molecular weight is 580 g/mol. The summed E-state index contributed by atoms with van der Waals surface area (Å²) in [6.07, 6.45) is 1.83. The van der Waals surface area contributed by atoms with E-state index in [0.717, 1.165) is 28.0 Å². The zero-order chi connectivity index (χ0) is 28.8. The van der Waals surface area contributed by atoms with Crippen molar-refractivity contribution < 1.29 is 0 Å². The molecule has 3 aromatic heterocycles. The molecule has 1 atom stereocenters. The summed E-state index contributed by atoms with van der Waals surface area (Å²) in [5.74, 6) is 0.678. The maximum absolute atomic E-state index is 5.32. The lowest BCUT2D eigenvalue weighted by molar-refractivity contribution is 0.908. The first-order chi connectivity index (χ1) is 21.8. The molecule has 4 nitrogen and oxygen atoms in total. The van der Waals surface area contributed by atoms with Crippen molar-refractivity contribution >= 4 is 86.5 Å². The van der Waals surface area contributed by atoms with Gasteiger partial charge in [0.15, 0.2) is 0 Å². The summed E-state index contributed by atoms with van der Waals surface area (Å²) >= 11 is 1.89. The molecule has 0 saturated carbocycles. The molecule has 10 rings (SSSR count). The van der Waals surface area contributed by atoms with Crippen molar-refractivity contribution in [3.63, 3.8) is 0 Å². The number of hydrogen-bond donors (Lipinski definition) is 0. The number of rotatable bonds is 1. The summed E-state index contributed by atoms with van der Waals surface area (Å²) in [4.78, 5) is 9.88. The van der Waals surface area contributed by atoms with Crippen LogP contribution >= 0.6 is 11.3 Å². The maximum atomic E-state index is 5.32. The Morgan fingerprint density at radius 3 is 2.20 bits per heavy atom. The number of nitrogens with zero attached hydrogens (tertiary/aromatic N) is 4. The number of thiophene rings is 1. The summed E-state index contributed by atoms with van der Waals surface area (Å²) in [5.41, 5.74) is 5.04. The molecule has 0 N–H and O–H groups in total. The first-order valence-corrected chi connectivity index (χ1v) is 15.6. The monoisotopic (exact) mass is 579 g/mol. The molecule has 0 saturated heterocycles. The van der Waals surface area contributed by atoms with Gasteiger partial charge in [-0.25, -0.2) is 0 Å². The molecular formula is C39H23N4S-. The van der Waals surface area contributed by atoms with Gasteiger partial charge in [0.05, 0.1) is 11.7 Å². The molecule has 9 aromatic rings. The molecular weight excluding hydrogens is 557 g/mol. The van der Waals surface area contributed by atoms with Gasteiger partial charge in [0, 0.05) is 54.2 Å². The van der Waals surface area contributed by atoms with E-state index < -0.39 is 0 Å². The zero-order valence-corrected chi connectivity index (χ0v) is 24.3. The second-order valence-electron chi connectivity index (χ2n) is 11.3. The summed E-state index contributed by atoms with van der Waals surface area (Å²) in [6, 6.07) is 45.1. The van der Waals surface area contributed by atoms with E-state index in [2.05, 4.69) is 114 Å². The second-order valence-corrected chi connectivity index (χ2v) is 12.4. The number of aliphatic imine (C=N–C) groups is 1. The van der Waals surface area contributed by atoms with Gasteiger partial charge in [-0.1, -0.05) is 109 Å². The summed E-state index contributed by atoms with van der Waals surface area (Å²) in [7, 11) is 0. The Labute approximate surface area is 256 Å². The Bertz CT molecular complexity index is 2650. The molecule has 1 unspecified atom stereocenters. The van der Waals surface area contributed by atoms with E-state index in [0.29, 0.717) is 5.96 Å². The second kappa shape index (κ2) is 8.99. The third-order valence-corrected chi connectivity index (χ3v) is 10.2. The highest BCUT2D eigenvalue weighted by Crippen LogP contribution is 2.48. The summed E-state index contributed by atoms with van der Waals surface area (Å²) in [6.45, 7) is 0. The quantitative estimate of drug-likeness (QED) is 0.178. The fourth-order valence-corrected chi connectivity index (χ4v) is 8.41. The highest BCUT2D eigenvalue weighted by Gasteiger charge is 2.23. The third-order valence-electron chi connectivity index (χ3n) is 9.00. The van der Waals surface area contributed by atoms with Crippen molar-refractivity contribution in [2.45, 2.75) is 6.04 Å². The predicted octanol–water partition coefficient (Wildman–Crippen LogP) is 10.9. The minimum absolute atomic E-state index is 0.243. The van der Waals surface area contributed by atoms with Crippen molar-refractivity contribution in [2.24, 2.45) is 4.99 Å². The number of fused-ring (bicyclic) bond motifs is 13. The average Bonchev–Trinajstić information content (AvgIpc) is 3.65. The number of hydrogen-bond acceptors (Lipinski definition) is 3. The van der Waals surface area contributed by atoms with Crippen LogP contribution in [0.5, 0.6) is 0 Å². The van der Waals surface area contributed by atoms with Crippen LogP contribution in [0.15, 0.2) is 139 Å². The molecule has 0 amide bonds. The van der Waals surface area contributed by atoms with E-state index in [-0.39, 0.29) is 6.04 Å². The standard InChI is InChI=1S/C39H23N4S/c1-2-11-23(12-3-1)36-37-29(17-10-22-40-37)41-39(42-36)43-30-18-8-6-15-27(30)33-31(43)21-20-25-24-13-4-5-14-26(24)38-35(34(25)33)28-16-7-9-19-32(28)44-38/h1-22,36H/q-1. The molecule has 1 aliphatic heterocycles. The first kappa shape index (κ1) is 24.0. The molecule has 0 fully saturated rings. The van der Waals surface area contributed by atoms with Gasteiger partial charge < -0.3 is 14.9 Å². The van der Waals surface area contributed by atoms with Crippen LogP contribution in [0, 0.1) is 0 Å². The van der Waals surface area contributed by atoms with Gasteiger partial charge in [0.25, 0.3) is 0 Å². The van der Waals surface area contributed by atoms with Crippen molar-refractivity contribution in [1.29, 1.82) is 0 Å². The summed E-state index contributed by atoms with van der Waals surface area (Å²) in [5, 5.41) is 15.5. The highest BCUT2D eigenvalue weighted by atomic mass is 32.1. The van der Waals surface area contributed by atoms with Crippen LogP contribution < -0.4 is 0 Å². The van der Waals surface area contributed by atoms with Gasteiger partial charge in [0.2, 0.25) is 0 Å². The van der Waals surface area contributed by atoms with Gasteiger partial charge in [-0.3, -0.25) is 4.98 Å². The molecule has 0 bridgehead atoms. The van der Waals surface area contributed by atoms with Gasteiger partial charge >= 0.3 is 0 Å². The van der Waals surface area contributed by atoms with Gasteiger partial charge in [0.1, 0.15) is 0 Å². The van der Waals surface area contributed by atoms with E-state index in [1.54, 1.807) is 0 Å². The Morgan fingerprint density at radius 2 is 1.32 bits per heavy atom. The van der Waals surface area contributed by atoms with Gasteiger partial charge in [-0.05, 0) is 51.0 Å². The fourth-order valence-electron chi connectivity index (χ4n) is 7.16. The van der Waals surface area contributed by atoms with Gasteiger partial charge in [-0.15, -0.1) is 11.3 Å². The molecule has 0 aliphatic carbocycles. The Balaban J connectivity index is 1.37. The van der Waals surface area contributed by atoms with Crippen LogP contribution in [0.3, 0.4) is 0 Å². The Hall–Kier alpha value is -5.52. The normalized spacial score (nSPS) is 14.9. The summed E-state index contributed by atoms with van der Waals surface area (Å²) < 4.78 is 4.90. The van der Waals surface area contributed by atoms with Crippen molar-refractivity contribution in [2.75, 3.05) is 0 Å². The lowest BCUT2D eigenvalue weighted by Gasteiger charge is -2.34. The molecule has 1 aliphatic rings. The van der Waals surface area contributed by atoms with Crippen LogP contribution in [0.4, 0.5) is 5.69 Å². The van der Waals surface area contributed by atoms with E-state index in [1.165, 1.54) is 52.5 Å². The minimum Gasteiger partial charge on any atom is -0.379 e. The number of benzene rings is 6. The van der Waals surface area contributed by atoms with Crippen molar-refractivity contribution in [1.82, 2.24) is 9.55 Å². The third kappa shape index (κ3) is 3.22. The SMILES string of the molecule is c1ccc(C2[N-]C(n3c4ccccc4c4c5c(ccc43)c3ccccc3c3sc4ccccc4c35)=Nc3cccnc32)cc1. The van der Waals surface area contributed by atoms with E-state index >= 15 is 0 Å². The van der Waals surface area contributed by atoms with Crippen LogP contribution in [0.1, 0.15) is 17.3 Å². The van der Waals surface area contributed by atoms with Crippen LogP contribution in [0.25, 0.3) is 68.8 Å². The molecule has 0 spiro atoms. The van der Waals surface area contributed by atoms with Crippen LogP contribution in [-0.2, 0) is 0 Å². The first-order valence-electron chi connectivity index (χ1n) is 14.8. The molecule has 44 heavy (non-hydrogen) atoms. The number of pyridine rings is 1. The largest absolute Gasteiger partial charge is 0.379 e. The topological polar surface area (TPSA) is 44.3 Å². The molecule has 5 heteroatoms. The van der Waals surface area contributed by atoms with Crippen LogP contribution in [-0.4, -0.2) is 15.5 Å². The smallest absolute Gasteiger partial charge is 0.0640 e. The Morgan fingerprint density at radius 1 is 0.568 bits per heavy atom. The van der Waals surface area contributed by atoms with Crippen molar-refractivity contribution in [3.05, 3.63) is 150 Å². The van der Waals surface area contributed by atoms with Crippen molar-refractivity contribution in [3.8, 4) is 0 Å². The Kier molecular flexibility index (Phi) is 4.90. The number of para-hydroxylation sites is 1. The van der Waals surface area contributed by atoms with Crippen LogP contribution in [0.2, 0.25) is 0 Å². The van der Waals surface area contributed by atoms with E-state index in [4.69, 9.17) is 15.3 Å². The van der Waals surface area contributed by atoms with Gasteiger partial charge in [-0.2, -0.15) is 0 Å². The van der Waals surface area contributed by atoms with E-state index in [1.807, 2.05) is 35.7 Å². The lowest BCUT2D eigenvalue weighted by Crippen LogP contribution is -2.19.